The Morgan fingerprint density at radius 1 is 1.25 bits per heavy atom. The number of rotatable bonds is 7. The molecule has 3 aromatic rings. The number of halogens is 1. The Kier molecular flexibility index (Phi) is 7.34. The van der Waals surface area contributed by atoms with Gasteiger partial charge in [-0.25, -0.2) is 0 Å². The smallest absolute Gasteiger partial charge is 0.213 e. The fourth-order valence-corrected chi connectivity index (χ4v) is 3.82. The number of methoxy groups -OCH3 is 1. The van der Waals surface area contributed by atoms with Crippen LogP contribution in [-0.2, 0) is 4.79 Å². The molecule has 0 aliphatic heterocycles. The molecule has 0 aliphatic rings. The minimum absolute atomic E-state index is 0.497. The van der Waals surface area contributed by atoms with Crippen molar-refractivity contribution < 1.29 is 9.53 Å². The molecule has 0 N–H and O–H groups in total. The van der Waals surface area contributed by atoms with Crippen molar-refractivity contribution in [1.29, 1.82) is 0 Å². The van der Waals surface area contributed by atoms with Crippen molar-refractivity contribution in [2.24, 2.45) is 0 Å². The van der Waals surface area contributed by atoms with E-state index in [1.54, 1.807) is 39.7 Å². The third-order valence-corrected chi connectivity index (χ3v) is 5.38. The second kappa shape index (κ2) is 10.2. The van der Waals surface area contributed by atoms with Gasteiger partial charge in [0.25, 0.3) is 0 Å². The molecule has 0 bridgehead atoms. The molecule has 0 saturated carbocycles. The average molecular weight is 449 g/mol. The maximum Gasteiger partial charge on any atom is 0.213 e. The Labute approximate surface area is 193 Å². The number of hydrogen-bond donors (Lipinski definition) is 0. The first-order valence-electron chi connectivity index (χ1n) is 10.1. The molecule has 0 aliphatic carbocycles. The molecule has 2 heterocycles. The summed E-state index contributed by atoms with van der Waals surface area (Å²) in [6, 6.07) is 5.73. The molecule has 0 spiro atoms. The lowest BCUT2D eigenvalue weighted by Crippen LogP contribution is -2.20. The summed E-state index contributed by atoms with van der Waals surface area (Å²) < 4.78 is 5.67. The number of ether oxygens (including phenoxy) is 1. The molecule has 7 heteroatoms. The third-order valence-electron chi connectivity index (χ3n) is 5.09. The lowest BCUT2D eigenvalue weighted by atomic mass is 9.99. The van der Waals surface area contributed by atoms with E-state index >= 15 is 0 Å². The summed E-state index contributed by atoms with van der Waals surface area (Å²) in [6.45, 7) is 3.87. The fourth-order valence-electron chi connectivity index (χ4n) is 3.57. The largest absolute Gasteiger partial charge is 0.496 e. The molecule has 1 aromatic carbocycles. The van der Waals surface area contributed by atoms with Crippen LogP contribution in [0.15, 0.2) is 42.9 Å². The summed E-state index contributed by atoms with van der Waals surface area (Å²) in [7, 11) is 5.22. The number of nitrogens with zero attached hydrogens (tertiary/aromatic N) is 4. The molecule has 32 heavy (non-hydrogen) atoms. The van der Waals surface area contributed by atoms with E-state index in [1.165, 1.54) is 4.90 Å². The predicted molar refractivity (Wildman–Crippen MR) is 132 cm³/mol. The monoisotopic (exact) mass is 448 g/mol. The lowest BCUT2D eigenvalue weighted by Gasteiger charge is -2.27. The molecule has 0 saturated heterocycles. The fraction of sp³-hybridized carbons (Fsp3) is 0.240. The number of amides is 1. The maximum absolute atomic E-state index is 11.7. The van der Waals surface area contributed by atoms with Crippen LogP contribution in [0, 0.1) is 11.8 Å². The summed E-state index contributed by atoms with van der Waals surface area (Å²) in [5.74, 6) is 6.84. The normalized spacial score (nSPS) is 11.0. The molecular weight excluding hydrogens is 424 g/mol. The molecule has 0 unspecified atom stereocenters. The van der Waals surface area contributed by atoms with Gasteiger partial charge in [0.05, 0.1) is 40.9 Å². The SMILES string of the molecule is CC#C/C(=C\CC)c1cc2c(N(C)c3ccncc3Cl)c(N(C)C=O)cnc2cc1OC. The number of fused-ring (bicyclic) bond motifs is 1. The van der Waals surface area contributed by atoms with Crippen LogP contribution in [0.1, 0.15) is 25.8 Å². The number of aromatic nitrogens is 2. The van der Waals surface area contributed by atoms with Crippen molar-refractivity contribution >= 4 is 51.5 Å². The van der Waals surface area contributed by atoms with E-state index in [1.807, 2.05) is 30.1 Å². The van der Waals surface area contributed by atoms with Crippen molar-refractivity contribution in [3.63, 3.8) is 0 Å². The van der Waals surface area contributed by atoms with Crippen LogP contribution in [0.3, 0.4) is 0 Å². The highest BCUT2D eigenvalue weighted by atomic mass is 35.5. The topological polar surface area (TPSA) is 58.6 Å². The molecule has 3 rings (SSSR count). The van der Waals surface area contributed by atoms with Crippen LogP contribution in [0.25, 0.3) is 16.5 Å². The van der Waals surface area contributed by atoms with Crippen molar-refractivity contribution in [2.75, 3.05) is 31.0 Å². The van der Waals surface area contributed by atoms with Gasteiger partial charge in [-0.05, 0) is 25.5 Å². The van der Waals surface area contributed by atoms with E-state index in [-0.39, 0.29) is 0 Å². The highest BCUT2D eigenvalue weighted by molar-refractivity contribution is 6.33. The predicted octanol–water partition coefficient (Wildman–Crippen LogP) is 5.47. The Balaban J connectivity index is 2.41. The zero-order valence-corrected chi connectivity index (χ0v) is 19.6. The Bertz CT molecular complexity index is 1240. The Morgan fingerprint density at radius 3 is 2.66 bits per heavy atom. The van der Waals surface area contributed by atoms with Crippen LogP contribution in [0.5, 0.6) is 5.75 Å². The Morgan fingerprint density at radius 2 is 2.03 bits per heavy atom. The van der Waals surface area contributed by atoms with Gasteiger partial charge in [0.15, 0.2) is 0 Å². The zero-order valence-electron chi connectivity index (χ0n) is 18.8. The number of anilines is 3. The summed E-state index contributed by atoms with van der Waals surface area (Å²) in [5, 5.41) is 1.33. The van der Waals surface area contributed by atoms with E-state index in [0.717, 1.165) is 46.2 Å². The van der Waals surface area contributed by atoms with Gasteiger partial charge in [0, 0.05) is 49.1 Å². The molecule has 1 amide bonds. The van der Waals surface area contributed by atoms with E-state index < -0.39 is 0 Å². The van der Waals surface area contributed by atoms with Crippen LogP contribution in [0.4, 0.5) is 17.1 Å². The first kappa shape index (κ1) is 23.1. The third kappa shape index (κ3) is 4.39. The first-order chi connectivity index (χ1) is 15.5. The van der Waals surface area contributed by atoms with Crippen LogP contribution in [-0.4, -0.2) is 37.6 Å². The zero-order chi connectivity index (χ0) is 23.3. The summed E-state index contributed by atoms with van der Waals surface area (Å²) in [6.07, 6.45) is 8.59. The van der Waals surface area contributed by atoms with Gasteiger partial charge in [-0.3, -0.25) is 14.8 Å². The summed E-state index contributed by atoms with van der Waals surface area (Å²) in [5.41, 5.74) is 4.63. The molecule has 6 nitrogen and oxygen atoms in total. The Hall–Kier alpha value is -3.56. The van der Waals surface area contributed by atoms with Crippen molar-refractivity contribution in [3.8, 4) is 17.6 Å². The molecule has 164 valence electrons. The highest BCUT2D eigenvalue weighted by Gasteiger charge is 2.21. The number of pyridine rings is 2. The van der Waals surface area contributed by atoms with Gasteiger partial charge < -0.3 is 14.5 Å². The maximum atomic E-state index is 11.7. The van der Waals surface area contributed by atoms with Gasteiger partial charge in [0.2, 0.25) is 6.41 Å². The van der Waals surface area contributed by atoms with Gasteiger partial charge in [0.1, 0.15) is 5.75 Å². The van der Waals surface area contributed by atoms with Gasteiger partial charge in [-0.15, -0.1) is 5.92 Å². The van der Waals surface area contributed by atoms with Crippen LogP contribution in [0.2, 0.25) is 5.02 Å². The quantitative estimate of drug-likeness (QED) is 0.354. The minimum Gasteiger partial charge on any atom is -0.496 e. The highest BCUT2D eigenvalue weighted by Crippen LogP contribution is 2.42. The number of hydrogen-bond acceptors (Lipinski definition) is 5. The second-order valence-electron chi connectivity index (χ2n) is 7.07. The van der Waals surface area contributed by atoms with E-state index in [0.29, 0.717) is 16.5 Å². The van der Waals surface area contributed by atoms with Crippen molar-refractivity contribution in [2.45, 2.75) is 20.3 Å². The molecule has 0 atom stereocenters. The molecule has 0 fully saturated rings. The number of allylic oxidation sites excluding steroid dienone is 2. The average Bonchev–Trinajstić information content (AvgIpc) is 2.81. The first-order valence-corrected chi connectivity index (χ1v) is 10.5. The summed E-state index contributed by atoms with van der Waals surface area (Å²) >= 11 is 6.45. The minimum atomic E-state index is 0.497. The van der Waals surface area contributed by atoms with E-state index in [9.17, 15) is 4.79 Å². The lowest BCUT2D eigenvalue weighted by molar-refractivity contribution is -0.107. The second-order valence-corrected chi connectivity index (χ2v) is 7.47. The van der Waals surface area contributed by atoms with E-state index in [2.05, 4.69) is 34.8 Å². The van der Waals surface area contributed by atoms with Gasteiger partial charge >= 0.3 is 0 Å². The van der Waals surface area contributed by atoms with Crippen molar-refractivity contribution in [1.82, 2.24) is 9.97 Å². The number of carbonyl (C=O) groups is 1. The van der Waals surface area contributed by atoms with Crippen LogP contribution >= 0.6 is 11.6 Å². The van der Waals surface area contributed by atoms with Gasteiger partial charge in [-0.2, -0.15) is 0 Å². The standard InChI is InChI=1S/C25H25ClN4O2/c1-6-8-17(9-7-2)18-12-19-21(13-24(18)32-5)28-15-23(29(3)16-31)25(19)30(4)22-10-11-27-14-20(22)26/h8,10-16H,6H2,1-5H3/b17-8+. The van der Waals surface area contributed by atoms with Crippen LogP contribution < -0.4 is 14.5 Å². The molecule has 2 aromatic heterocycles. The molecular formula is C25H25ClN4O2. The number of benzene rings is 1. The van der Waals surface area contributed by atoms with E-state index in [4.69, 9.17) is 16.3 Å². The number of carbonyl (C=O) groups excluding carboxylic acids is 1. The van der Waals surface area contributed by atoms with Gasteiger partial charge in [-0.1, -0.05) is 30.5 Å². The molecule has 0 radical (unpaired) electrons. The van der Waals surface area contributed by atoms with Crippen molar-refractivity contribution in [3.05, 3.63) is 53.5 Å². The summed E-state index contributed by atoms with van der Waals surface area (Å²) in [4.78, 5) is 23.8.